The lowest BCUT2D eigenvalue weighted by atomic mass is 10.1. The van der Waals surface area contributed by atoms with Crippen LogP contribution in [0.2, 0.25) is 0 Å². The number of aromatic amines is 1. The molecule has 2 aromatic rings. The van der Waals surface area contributed by atoms with Crippen molar-refractivity contribution in [2.75, 3.05) is 0 Å². The highest BCUT2D eigenvalue weighted by Crippen LogP contribution is 2.32. The number of hydrogen-bond acceptors (Lipinski definition) is 2. The van der Waals surface area contributed by atoms with Crippen molar-refractivity contribution in [3.63, 3.8) is 0 Å². The van der Waals surface area contributed by atoms with E-state index in [-0.39, 0.29) is 11.3 Å². The Morgan fingerprint density at radius 3 is 2.53 bits per heavy atom. The first-order chi connectivity index (χ1) is 7.88. The van der Waals surface area contributed by atoms with E-state index in [1.54, 1.807) is 6.92 Å². The molecule has 2 rings (SSSR count). The maximum absolute atomic E-state index is 12.5. The predicted octanol–water partition coefficient (Wildman–Crippen LogP) is 2.96. The average molecular weight is 243 g/mol. The molecule has 90 valence electrons. The fourth-order valence-electron chi connectivity index (χ4n) is 1.52. The van der Waals surface area contributed by atoms with Crippen molar-refractivity contribution in [1.82, 2.24) is 4.98 Å². The second-order valence-electron chi connectivity index (χ2n) is 3.55. The van der Waals surface area contributed by atoms with Crippen molar-refractivity contribution in [2.45, 2.75) is 13.1 Å². The lowest BCUT2D eigenvalue weighted by Crippen LogP contribution is -2.04. The molecule has 1 heterocycles. The Hall–Kier alpha value is -1.98. The van der Waals surface area contributed by atoms with Gasteiger partial charge >= 0.3 is 11.9 Å². The van der Waals surface area contributed by atoms with Crippen molar-refractivity contribution in [2.24, 2.45) is 0 Å². The molecule has 0 fully saturated rings. The van der Waals surface area contributed by atoms with Gasteiger partial charge in [0.1, 0.15) is 0 Å². The summed E-state index contributed by atoms with van der Waals surface area (Å²) in [5.74, 6) is -0.559. The Morgan fingerprint density at radius 1 is 1.29 bits per heavy atom. The molecule has 0 aliphatic heterocycles. The third kappa shape index (κ3) is 2.25. The summed E-state index contributed by atoms with van der Waals surface area (Å²) in [6, 6.07) is 4.63. The van der Waals surface area contributed by atoms with Crippen LogP contribution in [-0.2, 0) is 6.18 Å². The lowest BCUT2D eigenvalue weighted by Gasteiger charge is -2.07. The third-order valence-corrected chi connectivity index (χ3v) is 2.28. The summed E-state index contributed by atoms with van der Waals surface area (Å²) in [5.41, 5.74) is -0.164. The highest BCUT2D eigenvalue weighted by atomic mass is 19.4. The molecule has 1 aromatic carbocycles. The van der Waals surface area contributed by atoms with E-state index in [9.17, 15) is 18.0 Å². The third-order valence-electron chi connectivity index (χ3n) is 2.28. The van der Waals surface area contributed by atoms with E-state index in [1.807, 2.05) is 0 Å². The minimum absolute atomic E-state index is 0.126. The zero-order valence-corrected chi connectivity index (χ0v) is 8.76. The molecule has 0 unspecified atom stereocenters. The lowest BCUT2D eigenvalue weighted by molar-refractivity contribution is -0.137. The van der Waals surface area contributed by atoms with E-state index < -0.39 is 17.5 Å². The molecule has 0 spiro atoms. The Bertz CT molecular complexity index is 595. The van der Waals surface area contributed by atoms with Gasteiger partial charge < -0.3 is 4.42 Å². The van der Waals surface area contributed by atoms with Crippen molar-refractivity contribution in [3.8, 4) is 11.3 Å². The van der Waals surface area contributed by atoms with Gasteiger partial charge in [-0.15, -0.1) is 0 Å². The first-order valence-corrected chi connectivity index (χ1v) is 4.75. The van der Waals surface area contributed by atoms with Crippen LogP contribution in [-0.4, -0.2) is 4.98 Å². The van der Waals surface area contributed by atoms with Gasteiger partial charge in [0, 0.05) is 5.56 Å². The van der Waals surface area contributed by atoms with Crippen LogP contribution in [0.25, 0.3) is 11.3 Å². The van der Waals surface area contributed by atoms with Gasteiger partial charge in [0.05, 0.1) is 11.3 Å². The number of oxazole rings is 1. The molecule has 3 nitrogen and oxygen atoms in total. The fourth-order valence-corrected chi connectivity index (χ4v) is 1.52. The molecular weight excluding hydrogens is 235 g/mol. The van der Waals surface area contributed by atoms with Gasteiger partial charge in [-0.05, 0) is 19.1 Å². The molecule has 0 atom stereocenters. The summed E-state index contributed by atoms with van der Waals surface area (Å²) in [6.45, 7) is 1.56. The topological polar surface area (TPSA) is 46.0 Å². The molecule has 0 aliphatic carbocycles. The van der Waals surface area contributed by atoms with Crippen LogP contribution in [0.15, 0.2) is 33.5 Å². The molecule has 1 aromatic heterocycles. The van der Waals surface area contributed by atoms with Crippen molar-refractivity contribution in [1.29, 1.82) is 0 Å². The van der Waals surface area contributed by atoms with Gasteiger partial charge in [-0.2, -0.15) is 13.2 Å². The number of aromatic nitrogens is 1. The number of benzene rings is 1. The molecule has 0 bridgehead atoms. The fraction of sp³-hybridized carbons (Fsp3) is 0.182. The van der Waals surface area contributed by atoms with Crippen LogP contribution in [0, 0.1) is 6.92 Å². The number of aryl methyl sites for hydroxylation is 1. The monoisotopic (exact) mass is 243 g/mol. The maximum atomic E-state index is 12.5. The summed E-state index contributed by atoms with van der Waals surface area (Å²) < 4.78 is 42.3. The maximum Gasteiger partial charge on any atom is 0.417 e. The predicted molar refractivity (Wildman–Crippen MR) is 54.5 cm³/mol. The largest absolute Gasteiger partial charge is 0.417 e. The van der Waals surface area contributed by atoms with Gasteiger partial charge in [-0.25, -0.2) is 4.79 Å². The summed E-state index contributed by atoms with van der Waals surface area (Å²) in [7, 11) is 0. The smallest absolute Gasteiger partial charge is 0.408 e. The van der Waals surface area contributed by atoms with Gasteiger partial charge in [-0.3, -0.25) is 4.98 Å². The number of rotatable bonds is 1. The number of halogens is 3. The van der Waals surface area contributed by atoms with E-state index in [0.29, 0.717) is 5.69 Å². The molecule has 17 heavy (non-hydrogen) atoms. The second kappa shape index (κ2) is 3.80. The average Bonchev–Trinajstić information content (AvgIpc) is 2.57. The van der Waals surface area contributed by atoms with Gasteiger partial charge in [0.2, 0.25) is 0 Å². The number of nitrogens with one attached hydrogen (secondary N) is 1. The van der Waals surface area contributed by atoms with Crippen LogP contribution in [0.1, 0.15) is 11.3 Å². The van der Waals surface area contributed by atoms with E-state index in [4.69, 9.17) is 4.42 Å². The number of hydrogen-bond donors (Lipinski definition) is 1. The minimum atomic E-state index is -4.42. The molecular formula is C11H8F3NO2. The molecule has 0 amide bonds. The van der Waals surface area contributed by atoms with Gasteiger partial charge in [0.25, 0.3) is 0 Å². The molecule has 1 N–H and O–H groups in total. The summed E-state index contributed by atoms with van der Waals surface area (Å²) in [5, 5.41) is 0. The van der Waals surface area contributed by atoms with Crippen molar-refractivity contribution < 1.29 is 17.6 Å². The second-order valence-corrected chi connectivity index (χ2v) is 3.55. The molecule has 6 heteroatoms. The van der Waals surface area contributed by atoms with E-state index in [2.05, 4.69) is 4.98 Å². The van der Waals surface area contributed by atoms with Crippen molar-refractivity contribution >= 4 is 0 Å². The standard InChI is InChI=1S/C11H8F3NO2/c1-6-9(17-10(16)15-6)7-3-2-4-8(5-7)11(12,13)14/h2-5H,1H3,(H,15,16). The van der Waals surface area contributed by atoms with Crippen LogP contribution < -0.4 is 5.76 Å². The van der Waals surface area contributed by atoms with Gasteiger partial charge in [-0.1, -0.05) is 12.1 Å². The van der Waals surface area contributed by atoms with E-state index in [1.165, 1.54) is 12.1 Å². The van der Waals surface area contributed by atoms with Crippen LogP contribution >= 0.6 is 0 Å². The highest BCUT2D eigenvalue weighted by Gasteiger charge is 2.30. The number of H-pyrrole nitrogens is 1. The summed E-state index contributed by atoms with van der Waals surface area (Å²) >= 11 is 0. The van der Waals surface area contributed by atoms with E-state index in [0.717, 1.165) is 12.1 Å². The van der Waals surface area contributed by atoms with Crippen LogP contribution in [0.3, 0.4) is 0 Å². The van der Waals surface area contributed by atoms with E-state index >= 15 is 0 Å². The zero-order chi connectivity index (χ0) is 12.6. The van der Waals surface area contributed by atoms with Crippen molar-refractivity contribution in [3.05, 3.63) is 46.1 Å². The highest BCUT2D eigenvalue weighted by molar-refractivity contribution is 5.60. The summed E-state index contributed by atoms with van der Waals surface area (Å²) in [6.07, 6.45) is -4.42. The Morgan fingerprint density at radius 2 is 2.00 bits per heavy atom. The Kier molecular flexibility index (Phi) is 2.57. The Labute approximate surface area is 93.9 Å². The SMILES string of the molecule is Cc1[nH]c(=O)oc1-c1cccc(C(F)(F)F)c1. The molecule has 0 aliphatic rings. The first-order valence-electron chi connectivity index (χ1n) is 4.75. The molecule has 0 radical (unpaired) electrons. The Balaban J connectivity index is 2.54. The van der Waals surface area contributed by atoms with Crippen LogP contribution in [0.4, 0.5) is 13.2 Å². The normalized spacial score (nSPS) is 11.8. The summed E-state index contributed by atoms with van der Waals surface area (Å²) in [4.78, 5) is 13.3. The number of alkyl halides is 3. The zero-order valence-electron chi connectivity index (χ0n) is 8.76. The first kappa shape index (κ1) is 11.5. The quantitative estimate of drug-likeness (QED) is 0.836. The van der Waals surface area contributed by atoms with Crippen LogP contribution in [0.5, 0.6) is 0 Å². The molecule has 0 saturated carbocycles. The minimum Gasteiger partial charge on any atom is -0.408 e. The van der Waals surface area contributed by atoms with Gasteiger partial charge in [0.15, 0.2) is 5.76 Å². The molecule has 0 saturated heterocycles.